The van der Waals surface area contributed by atoms with Gasteiger partial charge in [-0.2, -0.15) is 0 Å². The molecule has 1 amide bonds. The number of hydrogen-bond acceptors (Lipinski definition) is 5. The molecule has 0 atom stereocenters. The number of rotatable bonds is 9. The Labute approximate surface area is 143 Å². The summed E-state index contributed by atoms with van der Waals surface area (Å²) in [6.07, 6.45) is 2.43. The molecule has 0 saturated heterocycles. The van der Waals surface area contributed by atoms with Crippen LogP contribution in [-0.4, -0.2) is 52.4 Å². The monoisotopic (exact) mass is 355 g/mol. The highest BCUT2D eigenvalue weighted by atomic mass is 32.2. The highest BCUT2D eigenvalue weighted by Gasteiger charge is 2.22. The van der Waals surface area contributed by atoms with Crippen molar-refractivity contribution in [2.45, 2.75) is 24.7 Å². The van der Waals surface area contributed by atoms with E-state index in [0.717, 1.165) is 10.8 Å². The maximum absolute atomic E-state index is 12.3. The van der Waals surface area contributed by atoms with E-state index in [-0.39, 0.29) is 17.3 Å². The molecule has 1 saturated carbocycles. The molecule has 1 aliphatic carbocycles. The lowest BCUT2D eigenvalue weighted by molar-refractivity contribution is -0.115. The SMILES string of the molecule is CCOc1ccc(S(=O)(=O)N(C)C)cc1NC(=O)CNCC1CC1. The topological polar surface area (TPSA) is 87.7 Å². The number of amides is 1. The minimum absolute atomic E-state index is 0.109. The molecule has 1 aromatic rings. The van der Waals surface area contributed by atoms with Crippen molar-refractivity contribution in [2.24, 2.45) is 5.92 Å². The Morgan fingerprint density at radius 3 is 2.62 bits per heavy atom. The highest BCUT2D eigenvalue weighted by Crippen LogP contribution is 2.29. The Morgan fingerprint density at radius 1 is 1.33 bits per heavy atom. The number of carbonyl (C=O) groups is 1. The van der Waals surface area contributed by atoms with E-state index in [2.05, 4.69) is 10.6 Å². The number of ether oxygens (including phenoxy) is 1. The van der Waals surface area contributed by atoms with Crippen LogP contribution in [0.5, 0.6) is 5.75 Å². The smallest absolute Gasteiger partial charge is 0.242 e. The van der Waals surface area contributed by atoms with Crippen LogP contribution in [-0.2, 0) is 14.8 Å². The molecule has 1 fully saturated rings. The highest BCUT2D eigenvalue weighted by molar-refractivity contribution is 7.89. The number of nitrogens with one attached hydrogen (secondary N) is 2. The first-order valence-corrected chi connectivity index (χ1v) is 9.48. The van der Waals surface area contributed by atoms with Gasteiger partial charge in [0.05, 0.1) is 23.7 Å². The van der Waals surface area contributed by atoms with Crippen LogP contribution < -0.4 is 15.4 Å². The summed E-state index contributed by atoms with van der Waals surface area (Å²) in [6, 6.07) is 4.47. The standard InChI is InChI=1S/C16H25N3O4S/c1-4-23-15-8-7-13(24(21,22)19(2)3)9-14(15)18-16(20)11-17-10-12-5-6-12/h7-9,12,17H,4-6,10-11H2,1-3H3,(H,18,20). The molecule has 0 aromatic heterocycles. The van der Waals surface area contributed by atoms with Gasteiger partial charge in [-0.25, -0.2) is 12.7 Å². The van der Waals surface area contributed by atoms with Gasteiger partial charge in [0.15, 0.2) is 0 Å². The predicted octanol–water partition coefficient (Wildman–Crippen LogP) is 1.27. The summed E-state index contributed by atoms with van der Waals surface area (Å²) in [7, 11) is -0.648. The Morgan fingerprint density at radius 2 is 2.04 bits per heavy atom. The van der Waals surface area contributed by atoms with E-state index in [9.17, 15) is 13.2 Å². The molecule has 7 nitrogen and oxygen atoms in total. The molecule has 8 heteroatoms. The summed E-state index contributed by atoms with van der Waals surface area (Å²) in [4.78, 5) is 12.2. The van der Waals surface area contributed by atoms with E-state index in [4.69, 9.17) is 4.74 Å². The second-order valence-electron chi connectivity index (χ2n) is 6.00. The second kappa shape index (κ2) is 7.96. The molecule has 134 valence electrons. The molecule has 0 aliphatic heterocycles. The average molecular weight is 355 g/mol. The number of hydrogen-bond donors (Lipinski definition) is 2. The molecule has 2 N–H and O–H groups in total. The summed E-state index contributed by atoms with van der Waals surface area (Å²) >= 11 is 0. The average Bonchev–Trinajstić information content (AvgIpc) is 3.33. The van der Waals surface area contributed by atoms with E-state index in [1.807, 2.05) is 6.92 Å². The van der Waals surface area contributed by atoms with Crippen LogP contribution in [0, 0.1) is 5.92 Å². The van der Waals surface area contributed by atoms with Crippen molar-refractivity contribution in [3.63, 3.8) is 0 Å². The third kappa shape index (κ3) is 4.93. The molecule has 0 bridgehead atoms. The van der Waals surface area contributed by atoms with E-state index in [1.54, 1.807) is 6.07 Å². The number of sulfonamides is 1. The van der Waals surface area contributed by atoms with Crippen LogP contribution in [0.1, 0.15) is 19.8 Å². The lowest BCUT2D eigenvalue weighted by atomic mass is 10.3. The lowest BCUT2D eigenvalue weighted by Gasteiger charge is -2.16. The molecule has 1 aromatic carbocycles. The van der Waals surface area contributed by atoms with Crippen molar-refractivity contribution in [2.75, 3.05) is 39.1 Å². The lowest BCUT2D eigenvalue weighted by Crippen LogP contribution is -2.29. The van der Waals surface area contributed by atoms with Crippen LogP contribution >= 0.6 is 0 Å². The quantitative estimate of drug-likeness (QED) is 0.697. The van der Waals surface area contributed by atoms with Crippen LogP contribution in [0.2, 0.25) is 0 Å². The third-order valence-corrected chi connectivity index (χ3v) is 5.53. The molecular formula is C16H25N3O4S. The van der Waals surface area contributed by atoms with Crippen LogP contribution in [0.4, 0.5) is 5.69 Å². The van der Waals surface area contributed by atoms with Gasteiger partial charge in [0.25, 0.3) is 0 Å². The summed E-state index contributed by atoms with van der Waals surface area (Å²) in [6.45, 7) is 3.27. The largest absolute Gasteiger partial charge is 0.492 e. The predicted molar refractivity (Wildman–Crippen MR) is 92.7 cm³/mol. The molecule has 1 aliphatic rings. The van der Waals surface area contributed by atoms with Crippen molar-refractivity contribution < 1.29 is 17.9 Å². The van der Waals surface area contributed by atoms with Gasteiger partial charge in [0, 0.05) is 14.1 Å². The number of carbonyl (C=O) groups excluding carboxylic acids is 1. The van der Waals surface area contributed by atoms with Gasteiger partial charge < -0.3 is 15.4 Å². The maximum Gasteiger partial charge on any atom is 0.242 e. The second-order valence-corrected chi connectivity index (χ2v) is 8.15. The van der Waals surface area contributed by atoms with Gasteiger partial charge in [-0.05, 0) is 50.4 Å². The van der Waals surface area contributed by atoms with Crippen molar-refractivity contribution in [3.05, 3.63) is 18.2 Å². The van der Waals surface area contributed by atoms with Crippen molar-refractivity contribution >= 4 is 21.6 Å². The van der Waals surface area contributed by atoms with E-state index in [1.165, 1.54) is 39.1 Å². The molecule has 2 rings (SSSR count). The Kier molecular flexibility index (Phi) is 6.20. The fourth-order valence-electron chi connectivity index (χ4n) is 2.17. The van der Waals surface area contributed by atoms with Crippen LogP contribution in [0.25, 0.3) is 0 Å². The first-order chi connectivity index (χ1) is 11.3. The Hall–Kier alpha value is -1.64. The zero-order valence-corrected chi connectivity index (χ0v) is 15.1. The summed E-state index contributed by atoms with van der Waals surface area (Å²) in [5.74, 6) is 0.909. The molecular weight excluding hydrogens is 330 g/mol. The van der Waals surface area contributed by atoms with E-state index >= 15 is 0 Å². The molecule has 0 heterocycles. The molecule has 0 unspecified atom stereocenters. The molecule has 0 spiro atoms. The first-order valence-electron chi connectivity index (χ1n) is 8.04. The number of anilines is 1. The zero-order valence-electron chi connectivity index (χ0n) is 14.3. The number of nitrogens with zero attached hydrogens (tertiary/aromatic N) is 1. The van der Waals surface area contributed by atoms with E-state index < -0.39 is 10.0 Å². The first kappa shape index (κ1) is 18.7. The number of benzene rings is 1. The molecule has 24 heavy (non-hydrogen) atoms. The zero-order chi connectivity index (χ0) is 17.7. The Balaban J connectivity index is 2.13. The van der Waals surface area contributed by atoms with Gasteiger partial charge in [0.1, 0.15) is 5.75 Å². The molecule has 0 radical (unpaired) electrons. The van der Waals surface area contributed by atoms with Crippen molar-refractivity contribution in [1.82, 2.24) is 9.62 Å². The van der Waals surface area contributed by atoms with E-state index in [0.29, 0.717) is 24.0 Å². The van der Waals surface area contributed by atoms with Gasteiger partial charge >= 0.3 is 0 Å². The van der Waals surface area contributed by atoms with Gasteiger partial charge in [-0.1, -0.05) is 0 Å². The normalized spacial score (nSPS) is 14.7. The third-order valence-electron chi connectivity index (χ3n) is 3.72. The summed E-state index contributed by atoms with van der Waals surface area (Å²) in [5, 5.41) is 5.83. The van der Waals surface area contributed by atoms with Gasteiger partial charge in [0.2, 0.25) is 15.9 Å². The minimum Gasteiger partial charge on any atom is -0.492 e. The maximum atomic E-state index is 12.3. The summed E-state index contributed by atoms with van der Waals surface area (Å²) < 4.78 is 31.1. The van der Waals surface area contributed by atoms with Crippen molar-refractivity contribution in [3.8, 4) is 5.75 Å². The fraction of sp³-hybridized carbons (Fsp3) is 0.562. The van der Waals surface area contributed by atoms with Gasteiger partial charge in [-0.3, -0.25) is 4.79 Å². The fourth-order valence-corrected chi connectivity index (χ4v) is 3.09. The Bertz CT molecular complexity index is 685. The minimum atomic E-state index is -3.58. The summed E-state index contributed by atoms with van der Waals surface area (Å²) in [5.41, 5.74) is 0.359. The van der Waals surface area contributed by atoms with Crippen LogP contribution in [0.3, 0.4) is 0 Å². The van der Waals surface area contributed by atoms with Gasteiger partial charge in [-0.15, -0.1) is 0 Å². The van der Waals surface area contributed by atoms with Crippen molar-refractivity contribution in [1.29, 1.82) is 0 Å². The van der Waals surface area contributed by atoms with Crippen LogP contribution in [0.15, 0.2) is 23.1 Å².